The van der Waals surface area contributed by atoms with Crippen LogP contribution in [0.15, 0.2) is 24.4 Å². The molecule has 2 aromatic heterocycles. The van der Waals surface area contributed by atoms with Crippen molar-refractivity contribution < 1.29 is 14.3 Å². The van der Waals surface area contributed by atoms with E-state index < -0.39 is 0 Å². The maximum absolute atomic E-state index is 12.6. The minimum absolute atomic E-state index is 0.173. The Balaban J connectivity index is 1.39. The fourth-order valence-corrected chi connectivity index (χ4v) is 4.13. The predicted octanol–water partition coefficient (Wildman–Crippen LogP) is 2.51. The number of hydrogen-bond acceptors (Lipinski definition) is 7. The number of amides is 1. The third-order valence-electron chi connectivity index (χ3n) is 5.01. The molecule has 0 atom stereocenters. The summed E-state index contributed by atoms with van der Waals surface area (Å²) in [4.78, 5) is 20.2. The van der Waals surface area contributed by atoms with Gasteiger partial charge in [0.25, 0.3) is 5.91 Å². The summed E-state index contributed by atoms with van der Waals surface area (Å²) in [6, 6.07) is 5.29. The quantitative estimate of drug-likeness (QED) is 0.666. The molecule has 1 amide bonds. The van der Waals surface area contributed by atoms with Gasteiger partial charge in [-0.15, -0.1) is 0 Å². The van der Waals surface area contributed by atoms with Crippen LogP contribution in [-0.4, -0.2) is 58.8 Å². The van der Waals surface area contributed by atoms with Crippen molar-refractivity contribution in [3.63, 3.8) is 0 Å². The van der Waals surface area contributed by atoms with Crippen LogP contribution in [0.1, 0.15) is 33.9 Å². The van der Waals surface area contributed by atoms with Crippen molar-refractivity contribution >= 4 is 22.2 Å². The van der Waals surface area contributed by atoms with Crippen LogP contribution in [-0.2, 0) is 6.54 Å². The van der Waals surface area contributed by atoms with Crippen LogP contribution < -0.4 is 14.8 Å². The number of imidazole rings is 1. The number of fused-ring (bicyclic) bond motifs is 1. The van der Waals surface area contributed by atoms with Crippen molar-refractivity contribution in [1.29, 1.82) is 0 Å². The number of aryl methyl sites for hydroxylation is 1. The molecule has 1 aromatic carbocycles. The predicted molar refractivity (Wildman–Crippen MR) is 111 cm³/mol. The highest BCUT2D eigenvalue weighted by Gasteiger charge is 2.20. The number of carbonyl (C=O) groups excluding carboxylic acids is 1. The Morgan fingerprint density at radius 1 is 1.31 bits per heavy atom. The molecule has 1 fully saturated rings. The molecule has 154 valence electrons. The van der Waals surface area contributed by atoms with Crippen molar-refractivity contribution in [3.05, 3.63) is 40.7 Å². The molecule has 9 heteroatoms. The Kier molecular flexibility index (Phi) is 5.68. The SMILES string of the molecule is COc1cc(C(=O)NCc2cn3nc(C)sc3n2)ccc1OC1CCN(C)CC1. The standard InChI is InChI=1S/C20H25N5O3S/c1-13-23-25-12-15(22-20(25)29-13)11-21-19(26)14-4-5-17(18(10-14)27-3)28-16-6-8-24(2)9-7-16/h4-5,10,12,16H,6-9,11H2,1-3H3,(H,21,26). The fourth-order valence-electron chi connectivity index (χ4n) is 3.39. The van der Waals surface area contributed by atoms with E-state index in [0.29, 0.717) is 23.6 Å². The number of methoxy groups -OCH3 is 1. The Hall–Kier alpha value is -2.65. The lowest BCUT2D eigenvalue weighted by Crippen LogP contribution is -2.35. The van der Waals surface area contributed by atoms with E-state index in [1.807, 2.05) is 19.2 Å². The summed E-state index contributed by atoms with van der Waals surface area (Å²) in [6.07, 6.45) is 3.97. The number of likely N-dealkylation sites (tertiary alicyclic amines) is 1. The highest BCUT2D eigenvalue weighted by Crippen LogP contribution is 2.30. The molecule has 8 nitrogen and oxygen atoms in total. The first-order valence-electron chi connectivity index (χ1n) is 9.65. The van der Waals surface area contributed by atoms with Gasteiger partial charge >= 0.3 is 0 Å². The van der Waals surface area contributed by atoms with Gasteiger partial charge in [-0.1, -0.05) is 11.3 Å². The molecule has 3 aromatic rings. The summed E-state index contributed by atoms with van der Waals surface area (Å²) in [7, 11) is 3.71. The molecule has 1 N–H and O–H groups in total. The summed E-state index contributed by atoms with van der Waals surface area (Å²) in [6.45, 7) is 4.32. The molecule has 0 unspecified atom stereocenters. The summed E-state index contributed by atoms with van der Waals surface area (Å²) < 4.78 is 13.3. The number of ether oxygens (including phenoxy) is 2. The first-order chi connectivity index (χ1) is 14.0. The molecular weight excluding hydrogens is 390 g/mol. The van der Waals surface area contributed by atoms with Gasteiger partial charge in [0, 0.05) is 18.7 Å². The zero-order chi connectivity index (χ0) is 20.4. The summed E-state index contributed by atoms with van der Waals surface area (Å²) in [5.74, 6) is 1.06. The highest BCUT2D eigenvalue weighted by atomic mass is 32.1. The molecule has 0 saturated carbocycles. The molecule has 1 aliphatic rings. The molecular formula is C20H25N5O3S. The molecule has 29 heavy (non-hydrogen) atoms. The Morgan fingerprint density at radius 3 is 2.83 bits per heavy atom. The average Bonchev–Trinajstić information content (AvgIpc) is 3.25. The maximum Gasteiger partial charge on any atom is 0.251 e. The highest BCUT2D eigenvalue weighted by molar-refractivity contribution is 7.16. The van der Waals surface area contributed by atoms with Gasteiger partial charge in [0.2, 0.25) is 4.96 Å². The minimum Gasteiger partial charge on any atom is -0.493 e. The second-order valence-corrected chi connectivity index (χ2v) is 8.41. The molecule has 3 heterocycles. The van der Waals surface area contributed by atoms with Crippen LogP contribution in [0, 0.1) is 6.92 Å². The van der Waals surface area contributed by atoms with Gasteiger partial charge in [0.1, 0.15) is 11.1 Å². The first kappa shape index (κ1) is 19.7. The van der Waals surface area contributed by atoms with Crippen LogP contribution in [0.25, 0.3) is 4.96 Å². The van der Waals surface area contributed by atoms with Gasteiger partial charge in [0.05, 0.1) is 25.5 Å². The van der Waals surface area contributed by atoms with Crippen LogP contribution in [0.4, 0.5) is 0 Å². The average molecular weight is 416 g/mol. The molecule has 1 saturated heterocycles. The number of carbonyl (C=O) groups is 1. The van der Waals surface area contributed by atoms with Gasteiger partial charge in [-0.2, -0.15) is 5.10 Å². The third-order valence-corrected chi connectivity index (χ3v) is 5.85. The Morgan fingerprint density at radius 2 is 2.10 bits per heavy atom. The Labute approximate surface area is 173 Å². The Bertz CT molecular complexity index is 975. The van der Waals surface area contributed by atoms with E-state index in [2.05, 4.69) is 27.3 Å². The zero-order valence-corrected chi connectivity index (χ0v) is 17.7. The zero-order valence-electron chi connectivity index (χ0n) is 16.8. The van der Waals surface area contributed by atoms with E-state index in [1.165, 1.54) is 11.3 Å². The van der Waals surface area contributed by atoms with Gasteiger partial charge in [0.15, 0.2) is 11.5 Å². The van der Waals surface area contributed by atoms with Gasteiger partial charge in [-0.25, -0.2) is 9.50 Å². The minimum atomic E-state index is -0.186. The van der Waals surface area contributed by atoms with E-state index >= 15 is 0 Å². The van der Waals surface area contributed by atoms with E-state index in [1.54, 1.807) is 23.8 Å². The second kappa shape index (κ2) is 8.38. The molecule has 4 rings (SSSR count). The fraction of sp³-hybridized carbons (Fsp3) is 0.450. The van der Waals surface area contributed by atoms with Crippen molar-refractivity contribution in [3.8, 4) is 11.5 Å². The van der Waals surface area contributed by atoms with Crippen molar-refractivity contribution in [1.82, 2.24) is 24.8 Å². The lowest BCUT2D eigenvalue weighted by molar-refractivity contribution is 0.0949. The number of piperidine rings is 1. The molecule has 1 aliphatic heterocycles. The van der Waals surface area contributed by atoms with Crippen molar-refractivity contribution in [2.45, 2.75) is 32.4 Å². The smallest absolute Gasteiger partial charge is 0.251 e. The monoisotopic (exact) mass is 415 g/mol. The lowest BCUT2D eigenvalue weighted by atomic mass is 10.1. The van der Waals surface area contributed by atoms with Crippen LogP contribution in [0.2, 0.25) is 0 Å². The number of nitrogens with one attached hydrogen (secondary N) is 1. The van der Waals surface area contributed by atoms with E-state index in [0.717, 1.165) is 41.6 Å². The molecule has 0 aliphatic carbocycles. The summed E-state index contributed by atoms with van der Waals surface area (Å²) >= 11 is 1.52. The maximum atomic E-state index is 12.6. The number of benzene rings is 1. The van der Waals surface area contributed by atoms with Crippen LogP contribution >= 0.6 is 11.3 Å². The second-order valence-electron chi connectivity index (χ2n) is 7.25. The van der Waals surface area contributed by atoms with E-state index in [4.69, 9.17) is 9.47 Å². The van der Waals surface area contributed by atoms with Gasteiger partial charge < -0.3 is 19.7 Å². The number of hydrogen-bond donors (Lipinski definition) is 1. The van der Waals surface area contributed by atoms with Crippen molar-refractivity contribution in [2.24, 2.45) is 0 Å². The normalized spacial score (nSPS) is 15.6. The summed E-state index contributed by atoms with van der Waals surface area (Å²) in [5.41, 5.74) is 1.29. The van der Waals surface area contributed by atoms with Gasteiger partial charge in [-0.3, -0.25) is 4.79 Å². The number of aromatic nitrogens is 3. The van der Waals surface area contributed by atoms with Gasteiger partial charge in [-0.05, 0) is 45.0 Å². The molecule has 0 bridgehead atoms. The molecule has 0 radical (unpaired) electrons. The summed E-state index contributed by atoms with van der Waals surface area (Å²) in [5, 5.41) is 8.18. The van der Waals surface area contributed by atoms with E-state index in [-0.39, 0.29) is 12.0 Å². The number of rotatable bonds is 6. The van der Waals surface area contributed by atoms with Crippen LogP contribution in [0.3, 0.4) is 0 Å². The van der Waals surface area contributed by atoms with Crippen LogP contribution in [0.5, 0.6) is 11.5 Å². The lowest BCUT2D eigenvalue weighted by Gasteiger charge is -2.29. The molecule has 0 spiro atoms. The number of nitrogens with zero attached hydrogens (tertiary/aromatic N) is 4. The van der Waals surface area contributed by atoms with E-state index in [9.17, 15) is 4.79 Å². The topological polar surface area (TPSA) is 81.0 Å². The van der Waals surface area contributed by atoms with Crippen molar-refractivity contribution in [2.75, 3.05) is 27.2 Å². The first-order valence-corrected chi connectivity index (χ1v) is 10.5. The largest absolute Gasteiger partial charge is 0.493 e. The third kappa shape index (κ3) is 4.51.